The van der Waals surface area contributed by atoms with Gasteiger partial charge in [0.1, 0.15) is 0 Å². The monoisotopic (exact) mass is 252 g/mol. The second-order valence-corrected chi connectivity index (χ2v) is 3.86. The summed E-state index contributed by atoms with van der Waals surface area (Å²) in [6.45, 7) is 2.19. The van der Waals surface area contributed by atoms with Crippen molar-refractivity contribution in [2.75, 3.05) is 20.8 Å². The summed E-state index contributed by atoms with van der Waals surface area (Å²) in [4.78, 5) is 11.5. The molecule has 0 heterocycles. The zero-order valence-corrected chi connectivity index (χ0v) is 11.1. The van der Waals surface area contributed by atoms with Gasteiger partial charge in [0.15, 0.2) is 6.29 Å². The second-order valence-electron chi connectivity index (χ2n) is 3.86. The summed E-state index contributed by atoms with van der Waals surface area (Å²) >= 11 is 0. The van der Waals surface area contributed by atoms with E-state index in [-0.39, 0.29) is 12.3 Å². The molecule has 1 aromatic rings. The Hall–Kier alpha value is -1.39. The van der Waals surface area contributed by atoms with E-state index in [1.54, 1.807) is 33.3 Å². The van der Waals surface area contributed by atoms with E-state index in [0.29, 0.717) is 12.2 Å². The van der Waals surface area contributed by atoms with Gasteiger partial charge < -0.3 is 14.2 Å². The number of methoxy groups -OCH3 is 2. The van der Waals surface area contributed by atoms with E-state index in [1.165, 1.54) is 0 Å². The molecular formula is C14H20O4. The van der Waals surface area contributed by atoms with Gasteiger partial charge >= 0.3 is 5.97 Å². The molecule has 4 nitrogen and oxygen atoms in total. The summed E-state index contributed by atoms with van der Waals surface area (Å²) in [5.74, 6) is -0.282. The molecular weight excluding hydrogens is 232 g/mol. The number of hydrogen-bond donors (Lipinski definition) is 0. The molecule has 0 unspecified atom stereocenters. The van der Waals surface area contributed by atoms with Gasteiger partial charge in [0, 0.05) is 20.6 Å². The van der Waals surface area contributed by atoms with Crippen LogP contribution in [0.25, 0.3) is 0 Å². The van der Waals surface area contributed by atoms with E-state index >= 15 is 0 Å². The van der Waals surface area contributed by atoms with E-state index in [4.69, 9.17) is 14.2 Å². The topological polar surface area (TPSA) is 44.8 Å². The predicted molar refractivity (Wildman–Crippen MR) is 68.5 cm³/mol. The van der Waals surface area contributed by atoms with Crippen LogP contribution in [0.3, 0.4) is 0 Å². The van der Waals surface area contributed by atoms with Crippen LogP contribution in [0.4, 0.5) is 0 Å². The molecule has 0 N–H and O–H groups in total. The molecule has 0 amide bonds. The molecule has 0 saturated carbocycles. The van der Waals surface area contributed by atoms with Crippen LogP contribution in [0.1, 0.15) is 29.3 Å². The number of carbonyl (C=O) groups excluding carboxylic acids is 1. The molecule has 18 heavy (non-hydrogen) atoms. The first kappa shape index (κ1) is 14.7. The molecule has 4 heteroatoms. The van der Waals surface area contributed by atoms with Crippen LogP contribution < -0.4 is 0 Å². The Morgan fingerprint density at radius 1 is 1.17 bits per heavy atom. The first-order valence-corrected chi connectivity index (χ1v) is 6.03. The number of carbonyl (C=O) groups is 1. The Labute approximate surface area is 108 Å². The molecule has 0 spiro atoms. The Kier molecular flexibility index (Phi) is 6.39. The zero-order valence-electron chi connectivity index (χ0n) is 11.1. The van der Waals surface area contributed by atoms with Gasteiger partial charge in [0.05, 0.1) is 12.2 Å². The maximum absolute atomic E-state index is 11.5. The van der Waals surface area contributed by atoms with Crippen LogP contribution in [0.2, 0.25) is 0 Å². The average Bonchev–Trinajstić information content (AvgIpc) is 2.41. The highest BCUT2D eigenvalue weighted by Gasteiger charge is 2.07. The highest BCUT2D eigenvalue weighted by Crippen LogP contribution is 2.10. The predicted octanol–water partition coefficient (Wildman–Crippen LogP) is 2.41. The smallest absolute Gasteiger partial charge is 0.338 e. The summed E-state index contributed by atoms with van der Waals surface area (Å²) in [5, 5.41) is 0. The SMILES string of the molecule is CCOC(=O)c1ccc(CCC(OC)OC)cc1. The van der Waals surface area contributed by atoms with Gasteiger partial charge in [0.25, 0.3) is 0 Å². The van der Waals surface area contributed by atoms with Gasteiger partial charge in [-0.2, -0.15) is 0 Å². The molecule has 0 aliphatic rings. The highest BCUT2D eigenvalue weighted by atomic mass is 16.7. The molecule has 1 aromatic carbocycles. The summed E-state index contributed by atoms with van der Waals surface area (Å²) < 4.78 is 15.2. The lowest BCUT2D eigenvalue weighted by Gasteiger charge is -2.12. The lowest BCUT2D eigenvalue weighted by atomic mass is 10.1. The largest absolute Gasteiger partial charge is 0.462 e. The molecule has 0 saturated heterocycles. The lowest BCUT2D eigenvalue weighted by molar-refractivity contribution is -0.105. The van der Waals surface area contributed by atoms with Gasteiger partial charge in [-0.1, -0.05) is 12.1 Å². The van der Waals surface area contributed by atoms with Crippen molar-refractivity contribution < 1.29 is 19.0 Å². The van der Waals surface area contributed by atoms with E-state index in [0.717, 1.165) is 18.4 Å². The Morgan fingerprint density at radius 3 is 2.28 bits per heavy atom. The van der Waals surface area contributed by atoms with Crippen molar-refractivity contribution in [1.29, 1.82) is 0 Å². The molecule has 0 atom stereocenters. The minimum atomic E-state index is -0.282. The molecule has 1 rings (SSSR count). The average molecular weight is 252 g/mol. The van der Waals surface area contributed by atoms with Crippen LogP contribution >= 0.6 is 0 Å². The molecule has 0 bridgehead atoms. The molecule has 0 radical (unpaired) electrons. The number of rotatable bonds is 7. The maximum atomic E-state index is 11.5. The summed E-state index contributed by atoms with van der Waals surface area (Å²) in [6.07, 6.45) is 1.44. The van der Waals surface area contributed by atoms with Gasteiger partial charge in [-0.3, -0.25) is 0 Å². The Balaban J connectivity index is 2.52. The minimum absolute atomic E-state index is 0.185. The third-order valence-corrected chi connectivity index (χ3v) is 2.66. The molecule has 100 valence electrons. The third-order valence-electron chi connectivity index (χ3n) is 2.66. The van der Waals surface area contributed by atoms with Crippen molar-refractivity contribution >= 4 is 5.97 Å². The zero-order chi connectivity index (χ0) is 13.4. The molecule has 0 aliphatic carbocycles. The maximum Gasteiger partial charge on any atom is 0.338 e. The van der Waals surface area contributed by atoms with Crippen molar-refractivity contribution in [3.63, 3.8) is 0 Å². The summed E-state index contributed by atoms with van der Waals surface area (Å²) in [5.41, 5.74) is 1.72. The van der Waals surface area contributed by atoms with E-state index < -0.39 is 0 Å². The Bertz CT molecular complexity index is 355. The standard InChI is InChI=1S/C14H20O4/c1-4-18-14(15)12-8-5-11(6-9-12)7-10-13(16-2)17-3/h5-6,8-9,13H,4,7,10H2,1-3H3. The fourth-order valence-electron chi connectivity index (χ4n) is 1.64. The number of benzene rings is 1. The molecule has 0 fully saturated rings. The minimum Gasteiger partial charge on any atom is -0.462 e. The molecule has 0 aliphatic heterocycles. The van der Waals surface area contributed by atoms with Crippen LogP contribution in [-0.2, 0) is 20.6 Å². The normalized spacial score (nSPS) is 10.7. The number of aryl methyl sites for hydroxylation is 1. The number of ether oxygens (including phenoxy) is 3. The summed E-state index contributed by atoms with van der Waals surface area (Å²) in [6, 6.07) is 7.41. The number of hydrogen-bond acceptors (Lipinski definition) is 4. The second kappa shape index (κ2) is 7.84. The third kappa shape index (κ3) is 4.47. The number of esters is 1. The van der Waals surface area contributed by atoms with Gasteiger partial charge in [-0.25, -0.2) is 4.79 Å². The van der Waals surface area contributed by atoms with Crippen molar-refractivity contribution in [1.82, 2.24) is 0 Å². The van der Waals surface area contributed by atoms with E-state index in [1.807, 2.05) is 12.1 Å². The van der Waals surface area contributed by atoms with E-state index in [2.05, 4.69) is 0 Å². The van der Waals surface area contributed by atoms with Crippen molar-refractivity contribution in [2.45, 2.75) is 26.1 Å². The lowest BCUT2D eigenvalue weighted by Crippen LogP contribution is -2.13. The van der Waals surface area contributed by atoms with Gasteiger partial charge in [-0.05, 0) is 31.0 Å². The van der Waals surface area contributed by atoms with Gasteiger partial charge in [-0.15, -0.1) is 0 Å². The van der Waals surface area contributed by atoms with Crippen LogP contribution in [0, 0.1) is 0 Å². The first-order valence-electron chi connectivity index (χ1n) is 6.03. The van der Waals surface area contributed by atoms with Gasteiger partial charge in [0.2, 0.25) is 0 Å². The van der Waals surface area contributed by atoms with Crippen molar-refractivity contribution in [3.8, 4) is 0 Å². The van der Waals surface area contributed by atoms with Crippen LogP contribution in [0.15, 0.2) is 24.3 Å². The quantitative estimate of drug-likeness (QED) is 0.552. The molecule has 0 aromatic heterocycles. The first-order chi connectivity index (χ1) is 8.71. The van der Waals surface area contributed by atoms with E-state index in [9.17, 15) is 4.79 Å². The fourth-order valence-corrected chi connectivity index (χ4v) is 1.64. The van der Waals surface area contributed by atoms with Crippen LogP contribution in [0.5, 0.6) is 0 Å². The van der Waals surface area contributed by atoms with Crippen molar-refractivity contribution in [2.24, 2.45) is 0 Å². The van der Waals surface area contributed by atoms with Crippen LogP contribution in [-0.4, -0.2) is 33.1 Å². The fraction of sp³-hybridized carbons (Fsp3) is 0.500. The highest BCUT2D eigenvalue weighted by molar-refractivity contribution is 5.89. The summed E-state index contributed by atoms with van der Waals surface area (Å²) in [7, 11) is 3.25. The Morgan fingerprint density at radius 2 is 1.78 bits per heavy atom. The van der Waals surface area contributed by atoms with Crippen molar-refractivity contribution in [3.05, 3.63) is 35.4 Å².